The first kappa shape index (κ1) is 22.4. The fourth-order valence-corrected chi connectivity index (χ4v) is 5.10. The van der Waals surface area contributed by atoms with Crippen LogP contribution >= 0.6 is 0 Å². The molecule has 1 aliphatic rings. The second kappa shape index (κ2) is 9.52. The maximum Gasteiger partial charge on any atom is 0.328 e. The molecule has 1 fully saturated rings. The van der Waals surface area contributed by atoms with Gasteiger partial charge in [0.05, 0.1) is 12.0 Å². The highest BCUT2D eigenvalue weighted by Crippen LogP contribution is 2.24. The molecule has 0 bridgehead atoms. The molecule has 0 spiro atoms. The molecule has 1 unspecified atom stereocenters. The van der Waals surface area contributed by atoms with Crippen LogP contribution in [0.5, 0.6) is 0 Å². The van der Waals surface area contributed by atoms with Crippen molar-refractivity contribution in [1.82, 2.24) is 9.62 Å². The average Bonchev–Trinajstić information content (AvgIpc) is 2.67. The lowest BCUT2D eigenvalue weighted by molar-refractivity contribution is -0.143. The van der Waals surface area contributed by atoms with Crippen molar-refractivity contribution >= 4 is 21.9 Å². The number of nitrogens with zero attached hydrogens (tertiary/aromatic N) is 1. The maximum absolute atomic E-state index is 13.0. The van der Waals surface area contributed by atoms with Gasteiger partial charge in [0.25, 0.3) is 5.91 Å². The van der Waals surface area contributed by atoms with E-state index in [-0.39, 0.29) is 16.4 Å². The molecule has 8 heteroatoms. The molecule has 0 saturated carbocycles. The summed E-state index contributed by atoms with van der Waals surface area (Å²) in [6.45, 7) is 6.59. The van der Waals surface area contributed by atoms with E-state index in [0.29, 0.717) is 25.1 Å². The van der Waals surface area contributed by atoms with Gasteiger partial charge < -0.3 is 10.1 Å². The van der Waals surface area contributed by atoms with Gasteiger partial charge in [-0.2, -0.15) is 4.31 Å². The van der Waals surface area contributed by atoms with E-state index in [9.17, 15) is 18.0 Å². The average molecular weight is 411 g/mol. The number of piperidine rings is 1. The monoisotopic (exact) mass is 410 g/mol. The van der Waals surface area contributed by atoms with Crippen LogP contribution in [0, 0.1) is 12.8 Å². The summed E-state index contributed by atoms with van der Waals surface area (Å²) in [5.74, 6) is -0.834. The Morgan fingerprint density at radius 3 is 2.39 bits per heavy atom. The van der Waals surface area contributed by atoms with Crippen molar-refractivity contribution in [2.45, 2.75) is 57.4 Å². The van der Waals surface area contributed by atoms with Crippen LogP contribution in [0.15, 0.2) is 23.1 Å². The number of aryl methyl sites for hydroxylation is 1. The smallest absolute Gasteiger partial charge is 0.328 e. The fraction of sp³-hybridized carbons (Fsp3) is 0.600. The Morgan fingerprint density at radius 1 is 1.18 bits per heavy atom. The summed E-state index contributed by atoms with van der Waals surface area (Å²) in [4.78, 5) is 24.8. The molecule has 1 aromatic rings. The van der Waals surface area contributed by atoms with Crippen LogP contribution in [0.1, 0.15) is 55.5 Å². The minimum atomic E-state index is -3.66. The first-order valence-corrected chi connectivity index (χ1v) is 11.1. The number of hydrogen-bond donors (Lipinski definition) is 1. The largest absolute Gasteiger partial charge is 0.467 e. The van der Waals surface area contributed by atoms with Crippen molar-refractivity contribution in [3.63, 3.8) is 0 Å². The molecular weight excluding hydrogens is 380 g/mol. The number of methoxy groups -OCH3 is 1. The van der Waals surface area contributed by atoms with Gasteiger partial charge in [0.1, 0.15) is 6.04 Å². The van der Waals surface area contributed by atoms with Gasteiger partial charge in [-0.15, -0.1) is 0 Å². The van der Waals surface area contributed by atoms with E-state index in [0.717, 1.165) is 19.3 Å². The van der Waals surface area contributed by atoms with Crippen LogP contribution in [0.3, 0.4) is 0 Å². The molecule has 1 heterocycles. The zero-order valence-electron chi connectivity index (χ0n) is 17.0. The third-order valence-electron chi connectivity index (χ3n) is 4.88. The van der Waals surface area contributed by atoms with Gasteiger partial charge in [0.2, 0.25) is 10.0 Å². The van der Waals surface area contributed by atoms with Gasteiger partial charge in [-0.25, -0.2) is 13.2 Å². The number of esters is 1. The number of hydrogen-bond acceptors (Lipinski definition) is 5. The second-order valence-corrected chi connectivity index (χ2v) is 9.53. The minimum absolute atomic E-state index is 0.139. The molecule has 7 nitrogen and oxygen atoms in total. The van der Waals surface area contributed by atoms with Gasteiger partial charge in [0.15, 0.2) is 0 Å². The Balaban J connectivity index is 2.28. The zero-order chi connectivity index (χ0) is 20.9. The minimum Gasteiger partial charge on any atom is -0.467 e. The summed E-state index contributed by atoms with van der Waals surface area (Å²) in [7, 11) is -2.38. The van der Waals surface area contributed by atoms with Crippen molar-refractivity contribution in [3.8, 4) is 0 Å². The van der Waals surface area contributed by atoms with Crippen molar-refractivity contribution < 1.29 is 22.7 Å². The Morgan fingerprint density at radius 2 is 1.82 bits per heavy atom. The van der Waals surface area contributed by atoms with Crippen molar-refractivity contribution in [2.75, 3.05) is 20.2 Å². The van der Waals surface area contributed by atoms with Gasteiger partial charge in [0, 0.05) is 18.7 Å². The van der Waals surface area contributed by atoms with Crippen molar-refractivity contribution in [2.24, 2.45) is 5.92 Å². The summed E-state index contributed by atoms with van der Waals surface area (Å²) in [6, 6.07) is 3.82. The number of rotatable bonds is 7. The quantitative estimate of drug-likeness (QED) is 0.697. The van der Waals surface area contributed by atoms with E-state index >= 15 is 0 Å². The Labute approximate surface area is 167 Å². The number of amides is 1. The van der Waals surface area contributed by atoms with E-state index in [4.69, 9.17) is 4.74 Å². The van der Waals surface area contributed by atoms with Crippen LogP contribution in [0.25, 0.3) is 0 Å². The Hall–Kier alpha value is -1.93. The Bertz CT molecular complexity index is 814. The second-order valence-electron chi connectivity index (χ2n) is 7.62. The first-order valence-electron chi connectivity index (χ1n) is 9.66. The molecule has 156 valence electrons. The number of sulfonamides is 1. The molecule has 1 amide bonds. The molecule has 0 radical (unpaired) electrons. The standard InChI is InChI=1S/C20H30N2O5S/c1-14(2)12-17(20(24)27-4)21-19(23)16-9-8-15(3)18(13-16)28(25,26)22-10-6-5-7-11-22/h8-9,13-14,17H,5-7,10-12H2,1-4H3,(H,21,23). The van der Waals surface area contributed by atoms with E-state index < -0.39 is 27.9 Å². The molecule has 1 atom stereocenters. The highest BCUT2D eigenvalue weighted by Gasteiger charge is 2.29. The van der Waals surface area contributed by atoms with Crippen molar-refractivity contribution in [1.29, 1.82) is 0 Å². The number of carbonyl (C=O) groups excluding carboxylic acids is 2. The van der Waals surface area contributed by atoms with Crippen LogP contribution in [-0.2, 0) is 19.6 Å². The van der Waals surface area contributed by atoms with Gasteiger partial charge in [-0.05, 0) is 49.8 Å². The third kappa shape index (κ3) is 5.32. The summed E-state index contributed by atoms with van der Waals surface area (Å²) < 4.78 is 32.3. The third-order valence-corrected chi connectivity index (χ3v) is 6.92. The molecule has 28 heavy (non-hydrogen) atoms. The normalized spacial score (nSPS) is 16.6. The highest BCUT2D eigenvalue weighted by molar-refractivity contribution is 7.89. The summed E-state index contributed by atoms with van der Waals surface area (Å²) in [6.07, 6.45) is 3.14. The SMILES string of the molecule is COC(=O)C(CC(C)C)NC(=O)c1ccc(C)c(S(=O)(=O)N2CCCCC2)c1. The molecule has 2 rings (SSSR count). The zero-order valence-corrected chi connectivity index (χ0v) is 17.8. The topological polar surface area (TPSA) is 92.8 Å². The predicted molar refractivity (Wildman–Crippen MR) is 107 cm³/mol. The molecule has 1 saturated heterocycles. The number of nitrogens with one attached hydrogen (secondary N) is 1. The summed E-state index contributed by atoms with van der Waals surface area (Å²) in [5, 5.41) is 2.67. The van der Waals surface area contributed by atoms with Gasteiger partial charge in [-0.3, -0.25) is 4.79 Å². The van der Waals surface area contributed by atoms with E-state index in [1.54, 1.807) is 19.1 Å². The predicted octanol–water partition coefficient (Wildman–Crippen LogP) is 2.49. The molecule has 1 N–H and O–H groups in total. The molecule has 1 aromatic carbocycles. The lowest BCUT2D eigenvalue weighted by Gasteiger charge is -2.26. The van der Waals surface area contributed by atoms with Crippen LogP contribution in [0.2, 0.25) is 0 Å². The van der Waals surface area contributed by atoms with E-state index in [2.05, 4.69) is 5.32 Å². The number of ether oxygens (including phenoxy) is 1. The molecule has 0 aliphatic carbocycles. The van der Waals surface area contributed by atoms with Gasteiger partial charge in [-0.1, -0.05) is 26.3 Å². The van der Waals surface area contributed by atoms with E-state index in [1.165, 1.54) is 17.5 Å². The lowest BCUT2D eigenvalue weighted by Crippen LogP contribution is -2.42. The highest BCUT2D eigenvalue weighted by atomic mass is 32.2. The van der Waals surface area contributed by atoms with Crippen molar-refractivity contribution in [3.05, 3.63) is 29.3 Å². The maximum atomic E-state index is 13.0. The van der Waals surface area contributed by atoms with E-state index in [1.807, 2.05) is 13.8 Å². The summed E-state index contributed by atoms with van der Waals surface area (Å²) >= 11 is 0. The lowest BCUT2D eigenvalue weighted by atomic mass is 10.0. The Kier molecular flexibility index (Phi) is 7.60. The van der Waals surface area contributed by atoms with Crippen LogP contribution in [-0.4, -0.2) is 50.8 Å². The number of benzene rings is 1. The fourth-order valence-electron chi connectivity index (χ4n) is 3.33. The summed E-state index contributed by atoms with van der Waals surface area (Å²) in [5.41, 5.74) is 0.799. The molecular formula is C20H30N2O5S. The van der Waals surface area contributed by atoms with Crippen LogP contribution in [0.4, 0.5) is 0 Å². The first-order chi connectivity index (χ1) is 13.2. The number of carbonyl (C=O) groups is 2. The molecule has 1 aliphatic heterocycles. The van der Waals surface area contributed by atoms with Crippen LogP contribution < -0.4 is 5.32 Å². The van der Waals surface area contributed by atoms with Gasteiger partial charge >= 0.3 is 5.97 Å². The molecule has 0 aromatic heterocycles.